The summed E-state index contributed by atoms with van der Waals surface area (Å²) in [4.78, 5) is 21.2. The van der Waals surface area contributed by atoms with Crippen molar-refractivity contribution in [1.29, 1.82) is 0 Å². The molecule has 3 aromatic rings. The number of piperidine rings is 1. The zero-order valence-corrected chi connectivity index (χ0v) is 24.2. The minimum Gasteiger partial charge on any atom is -0.321 e. The molecule has 1 spiro atoms. The SMILES string of the molecule is CC1CCc2c(CN3CCC[C@H](C)C3)cc(C(=O)Nc3cccc(C4(c5nncn5C)CC5(CCC5)C4)c3)nc21. The van der Waals surface area contributed by atoms with Crippen LogP contribution in [0.2, 0.25) is 0 Å². The van der Waals surface area contributed by atoms with E-state index in [1.165, 1.54) is 48.8 Å². The first-order chi connectivity index (χ1) is 19.3. The fraction of sp³-hybridized carbons (Fsp3) is 0.576. The van der Waals surface area contributed by atoms with Crippen LogP contribution in [0.15, 0.2) is 36.7 Å². The number of nitrogens with zero attached hydrogens (tertiary/aromatic N) is 5. The molecule has 1 unspecified atom stereocenters. The van der Waals surface area contributed by atoms with Crippen molar-refractivity contribution in [3.8, 4) is 0 Å². The van der Waals surface area contributed by atoms with Crippen LogP contribution in [0, 0.1) is 11.3 Å². The molecule has 1 N–H and O–H groups in total. The molecule has 7 heteroatoms. The van der Waals surface area contributed by atoms with Gasteiger partial charge in [0.25, 0.3) is 5.91 Å². The minimum absolute atomic E-state index is 0.121. The third-order valence-electron chi connectivity index (χ3n) is 10.5. The molecule has 3 heterocycles. The smallest absolute Gasteiger partial charge is 0.274 e. The van der Waals surface area contributed by atoms with Crippen LogP contribution in [-0.4, -0.2) is 43.6 Å². The zero-order valence-electron chi connectivity index (χ0n) is 24.2. The number of hydrogen-bond donors (Lipinski definition) is 1. The van der Waals surface area contributed by atoms with Crippen molar-refractivity contribution < 1.29 is 4.79 Å². The fourth-order valence-electron chi connectivity index (χ4n) is 8.33. The molecule has 40 heavy (non-hydrogen) atoms. The number of benzene rings is 1. The third kappa shape index (κ3) is 4.37. The lowest BCUT2D eigenvalue weighted by molar-refractivity contribution is -0.0345. The van der Waals surface area contributed by atoms with Crippen molar-refractivity contribution in [2.24, 2.45) is 18.4 Å². The van der Waals surface area contributed by atoms with Crippen molar-refractivity contribution in [1.82, 2.24) is 24.6 Å². The number of nitrogens with one attached hydrogen (secondary N) is 1. The molecule has 0 radical (unpaired) electrons. The molecule has 7 rings (SSSR count). The summed E-state index contributed by atoms with van der Waals surface area (Å²) in [5, 5.41) is 12.0. The van der Waals surface area contributed by atoms with Crippen molar-refractivity contribution in [2.75, 3.05) is 18.4 Å². The molecule has 2 atom stereocenters. The van der Waals surface area contributed by atoms with Crippen LogP contribution >= 0.6 is 0 Å². The second-order valence-electron chi connectivity index (χ2n) is 13.5. The van der Waals surface area contributed by atoms with Crippen molar-refractivity contribution in [3.63, 3.8) is 0 Å². The van der Waals surface area contributed by atoms with Crippen LogP contribution in [0.5, 0.6) is 0 Å². The average molecular weight is 539 g/mol. The monoisotopic (exact) mass is 538 g/mol. The van der Waals surface area contributed by atoms with Gasteiger partial charge in [0.1, 0.15) is 17.8 Å². The summed E-state index contributed by atoms with van der Waals surface area (Å²) in [5.41, 5.74) is 6.69. The average Bonchev–Trinajstić information content (AvgIpc) is 3.49. The molecule has 1 aliphatic heterocycles. The molecular formula is C33H42N6O. The first-order valence-electron chi connectivity index (χ1n) is 15.4. The molecule has 1 saturated heterocycles. The Kier molecular flexibility index (Phi) is 6.33. The maximum Gasteiger partial charge on any atom is 0.274 e. The van der Waals surface area contributed by atoms with Gasteiger partial charge >= 0.3 is 0 Å². The predicted octanol–water partition coefficient (Wildman–Crippen LogP) is 5.99. The molecular weight excluding hydrogens is 496 g/mol. The highest BCUT2D eigenvalue weighted by atomic mass is 16.1. The van der Waals surface area contributed by atoms with Gasteiger partial charge in [-0.2, -0.15) is 0 Å². The summed E-state index contributed by atoms with van der Waals surface area (Å²) in [6.07, 6.45) is 12.7. The number of rotatable bonds is 6. The number of likely N-dealkylation sites (tertiary alicyclic amines) is 1. The molecule has 2 saturated carbocycles. The van der Waals surface area contributed by atoms with Crippen LogP contribution in [0.1, 0.15) is 110 Å². The maximum atomic E-state index is 13.7. The van der Waals surface area contributed by atoms with Gasteiger partial charge in [0.15, 0.2) is 0 Å². The first-order valence-corrected chi connectivity index (χ1v) is 15.4. The first kappa shape index (κ1) is 25.9. The van der Waals surface area contributed by atoms with Crippen molar-refractivity contribution in [2.45, 2.75) is 89.5 Å². The molecule has 3 fully saturated rings. The van der Waals surface area contributed by atoms with Crippen LogP contribution in [0.3, 0.4) is 0 Å². The zero-order chi connectivity index (χ0) is 27.5. The van der Waals surface area contributed by atoms with Gasteiger partial charge in [0, 0.05) is 31.5 Å². The van der Waals surface area contributed by atoms with E-state index in [9.17, 15) is 4.79 Å². The van der Waals surface area contributed by atoms with Gasteiger partial charge in [-0.05, 0) is 110 Å². The molecule has 7 nitrogen and oxygen atoms in total. The van der Waals surface area contributed by atoms with E-state index in [4.69, 9.17) is 4.98 Å². The van der Waals surface area contributed by atoms with Gasteiger partial charge in [-0.3, -0.25) is 9.69 Å². The van der Waals surface area contributed by atoms with E-state index < -0.39 is 0 Å². The van der Waals surface area contributed by atoms with Gasteiger partial charge in [-0.25, -0.2) is 4.98 Å². The Balaban J connectivity index is 1.16. The molecule has 2 aromatic heterocycles. The van der Waals surface area contributed by atoms with Crippen LogP contribution in [-0.2, 0) is 25.4 Å². The standard InChI is InChI=1S/C33H42N6O/c1-22-7-5-14-39(17-22)18-24-15-28(36-29-23(2)10-11-27(24)29)30(40)35-26-9-4-8-25(16-26)33(31-37-34-21-38(31)3)19-32(20-33)12-6-13-32/h4,8-9,15-16,21-23H,5-7,10-14,17-20H2,1-3H3,(H,35,40)/t22-,23?/m0/s1. The van der Waals surface area contributed by atoms with Crippen LogP contribution in [0.4, 0.5) is 5.69 Å². The maximum absolute atomic E-state index is 13.7. The number of pyridine rings is 1. The predicted molar refractivity (Wildman–Crippen MR) is 156 cm³/mol. The third-order valence-corrected chi connectivity index (χ3v) is 10.5. The Hall–Kier alpha value is -3.06. The quantitative estimate of drug-likeness (QED) is 0.417. The molecule has 4 aliphatic rings. The molecule has 210 valence electrons. The number of anilines is 1. The Bertz CT molecular complexity index is 1430. The van der Waals surface area contributed by atoms with Gasteiger partial charge in [-0.1, -0.05) is 32.4 Å². The number of aryl methyl sites for hydroxylation is 1. The van der Waals surface area contributed by atoms with Crippen LogP contribution < -0.4 is 5.32 Å². The Morgan fingerprint density at radius 2 is 1.98 bits per heavy atom. The summed E-state index contributed by atoms with van der Waals surface area (Å²) in [7, 11) is 2.04. The van der Waals surface area contributed by atoms with E-state index in [2.05, 4.69) is 63.1 Å². The highest BCUT2D eigenvalue weighted by Crippen LogP contribution is 2.66. The lowest BCUT2D eigenvalue weighted by Crippen LogP contribution is -2.54. The highest BCUT2D eigenvalue weighted by molar-refractivity contribution is 6.03. The minimum atomic E-state index is -0.146. The van der Waals surface area contributed by atoms with Gasteiger partial charge in [0.05, 0.1) is 5.41 Å². The van der Waals surface area contributed by atoms with Gasteiger partial charge < -0.3 is 9.88 Å². The van der Waals surface area contributed by atoms with E-state index in [0.29, 0.717) is 17.0 Å². The van der Waals surface area contributed by atoms with E-state index in [0.717, 1.165) is 68.4 Å². The molecule has 1 aromatic carbocycles. The van der Waals surface area contributed by atoms with E-state index in [1.54, 1.807) is 6.33 Å². The van der Waals surface area contributed by atoms with E-state index in [1.807, 2.05) is 13.1 Å². The normalized spacial score (nSPS) is 24.8. The summed E-state index contributed by atoms with van der Waals surface area (Å²) in [6, 6.07) is 10.5. The summed E-state index contributed by atoms with van der Waals surface area (Å²) in [6.45, 7) is 7.79. The second-order valence-corrected chi connectivity index (χ2v) is 13.5. The summed E-state index contributed by atoms with van der Waals surface area (Å²) in [5.74, 6) is 2.04. The summed E-state index contributed by atoms with van der Waals surface area (Å²) < 4.78 is 2.07. The number of amides is 1. The summed E-state index contributed by atoms with van der Waals surface area (Å²) >= 11 is 0. The van der Waals surface area contributed by atoms with Crippen molar-refractivity contribution in [3.05, 3.63) is 70.6 Å². The molecule has 1 amide bonds. The number of fused-ring (bicyclic) bond motifs is 1. The number of carbonyl (C=O) groups excluding carboxylic acids is 1. The lowest BCUT2D eigenvalue weighted by Gasteiger charge is -2.60. The topological polar surface area (TPSA) is 75.9 Å². The van der Waals surface area contributed by atoms with Crippen LogP contribution in [0.25, 0.3) is 0 Å². The number of carbonyl (C=O) groups is 1. The Morgan fingerprint density at radius 1 is 1.12 bits per heavy atom. The largest absolute Gasteiger partial charge is 0.321 e. The van der Waals surface area contributed by atoms with E-state index >= 15 is 0 Å². The number of aromatic nitrogens is 4. The highest BCUT2D eigenvalue weighted by Gasteiger charge is 2.60. The van der Waals surface area contributed by atoms with E-state index in [-0.39, 0.29) is 11.3 Å². The van der Waals surface area contributed by atoms with Gasteiger partial charge in [0.2, 0.25) is 0 Å². The Labute approximate surface area is 237 Å². The van der Waals surface area contributed by atoms with Crippen molar-refractivity contribution >= 4 is 11.6 Å². The van der Waals surface area contributed by atoms with Gasteiger partial charge in [-0.15, -0.1) is 10.2 Å². The Morgan fingerprint density at radius 3 is 2.70 bits per heavy atom. The lowest BCUT2D eigenvalue weighted by atomic mass is 9.43. The number of hydrogen-bond acceptors (Lipinski definition) is 5. The second kappa shape index (κ2) is 9.79. The molecule has 3 aliphatic carbocycles. The molecule has 0 bridgehead atoms. The fourth-order valence-corrected chi connectivity index (χ4v) is 8.33.